The zero-order chi connectivity index (χ0) is 7.44. The van der Waals surface area contributed by atoms with Crippen LogP contribution in [0.5, 0.6) is 0 Å². The van der Waals surface area contributed by atoms with E-state index in [-0.39, 0.29) is 0 Å². The van der Waals surface area contributed by atoms with Crippen LogP contribution in [-0.4, -0.2) is 13.1 Å². The van der Waals surface area contributed by atoms with Gasteiger partial charge < -0.3 is 4.74 Å². The van der Waals surface area contributed by atoms with Crippen molar-refractivity contribution in [2.24, 2.45) is 0 Å². The van der Waals surface area contributed by atoms with Crippen LogP contribution in [0.25, 0.3) is 0 Å². The molecule has 4 heteroatoms. The average Bonchev–Trinajstić information content (AvgIpc) is 1.84. The van der Waals surface area contributed by atoms with Gasteiger partial charge in [-0.25, -0.2) is 9.18 Å². The standard InChI is InChI=1S/C4H4F2O2/c1-8-4(7)3(6)2-5/h2H,1H3/i2D. The lowest BCUT2D eigenvalue weighted by atomic mass is 10.6. The third kappa shape index (κ3) is 1.68. The lowest BCUT2D eigenvalue weighted by Crippen LogP contribution is -1.98. The Morgan fingerprint density at radius 2 is 2.50 bits per heavy atom. The highest BCUT2D eigenvalue weighted by Crippen LogP contribution is 1.97. The van der Waals surface area contributed by atoms with Gasteiger partial charge in [-0.15, -0.1) is 0 Å². The van der Waals surface area contributed by atoms with Crippen molar-refractivity contribution in [3.8, 4) is 0 Å². The van der Waals surface area contributed by atoms with Gasteiger partial charge in [-0.2, -0.15) is 4.39 Å². The number of halogens is 2. The van der Waals surface area contributed by atoms with Crippen LogP contribution < -0.4 is 0 Å². The quantitative estimate of drug-likeness (QED) is 0.383. The van der Waals surface area contributed by atoms with Gasteiger partial charge in [0.05, 0.1) is 8.48 Å². The Labute approximate surface area is 46.2 Å². The number of rotatable bonds is 1. The number of ether oxygens (including phenoxy) is 1. The highest BCUT2D eigenvalue weighted by atomic mass is 19.2. The second-order valence-electron chi connectivity index (χ2n) is 0.900. The number of hydrogen-bond acceptors (Lipinski definition) is 2. The minimum absolute atomic E-state index is 0.894. The van der Waals surface area contributed by atoms with Crippen LogP contribution in [-0.2, 0) is 9.53 Å². The fraction of sp³-hybridized carbons (Fsp3) is 0.250. The van der Waals surface area contributed by atoms with E-state index in [4.69, 9.17) is 1.37 Å². The molecule has 0 aliphatic heterocycles. The maximum absolute atomic E-state index is 11.8. The maximum Gasteiger partial charge on any atom is 0.369 e. The Morgan fingerprint density at radius 3 is 2.62 bits per heavy atom. The lowest BCUT2D eigenvalue weighted by Gasteiger charge is -1.88. The Balaban J connectivity index is 4.21. The van der Waals surface area contributed by atoms with Gasteiger partial charge in [0.25, 0.3) is 0 Å². The van der Waals surface area contributed by atoms with Crippen molar-refractivity contribution in [1.29, 1.82) is 0 Å². The van der Waals surface area contributed by atoms with Gasteiger partial charge in [-0.05, 0) is 0 Å². The lowest BCUT2D eigenvalue weighted by molar-refractivity contribution is -0.137. The molecule has 0 saturated carbocycles. The molecule has 2 nitrogen and oxygen atoms in total. The minimum Gasteiger partial charge on any atom is -0.464 e. The third-order valence-corrected chi connectivity index (χ3v) is 0.448. The van der Waals surface area contributed by atoms with Crippen molar-refractivity contribution in [3.63, 3.8) is 0 Å². The third-order valence-electron chi connectivity index (χ3n) is 0.448. The van der Waals surface area contributed by atoms with Crippen LogP contribution in [0, 0.1) is 0 Å². The van der Waals surface area contributed by atoms with Crippen LogP contribution in [0.2, 0.25) is 0 Å². The van der Waals surface area contributed by atoms with Gasteiger partial charge in [0.15, 0.2) is 0 Å². The molecule has 0 aromatic carbocycles. The number of methoxy groups -OCH3 is 1. The summed E-state index contributed by atoms with van der Waals surface area (Å²) in [5.74, 6) is -3.28. The molecule has 0 aliphatic rings. The van der Waals surface area contributed by atoms with E-state index in [1.807, 2.05) is 0 Å². The molecule has 0 amide bonds. The minimum atomic E-state index is -1.91. The number of esters is 1. The summed E-state index contributed by atoms with van der Waals surface area (Å²) in [5, 5.41) is 0. The van der Waals surface area contributed by atoms with E-state index >= 15 is 0 Å². The van der Waals surface area contributed by atoms with Crippen LogP contribution in [0.15, 0.2) is 12.1 Å². The molecular weight excluding hydrogens is 118 g/mol. The normalized spacial score (nSPS) is 14.1. The number of carbonyl (C=O) groups is 1. The highest BCUT2D eigenvalue weighted by molar-refractivity contribution is 5.85. The summed E-state index contributed by atoms with van der Waals surface area (Å²) >= 11 is 0. The van der Waals surface area contributed by atoms with Crippen molar-refractivity contribution in [2.75, 3.05) is 7.11 Å². The second kappa shape index (κ2) is 3.12. The Morgan fingerprint density at radius 1 is 2.00 bits per heavy atom. The van der Waals surface area contributed by atoms with Crippen molar-refractivity contribution in [2.45, 2.75) is 0 Å². The zero-order valence-corrected chi connectivity index (χ0v) is 4.07. The fourth-order valence-electron chi connectivity index (χ4n) is 0.128. The van der Waals surface area contributed by atoms with Crippen molar-refractivity contribution >= 4 is 5.97 Å². The first-order valence-electron chi connectivity index (χ1n) is 2.19. The Bertz CT molecular complexity index is 151. The number of hydrogen-bond donors (Lipinski definition) is 0. The molecule has 0 rings (SSSR count). The molecule has 0 N–H and O–H groups in total. The zero-order valence-electron chi connectivity index (χ0n) is 5.07. The smallest absolute Gasteiger partial charge is 0.369 e. The Kier molecular flexibility index (Phi) is 2.03. The van der Waals surface area contributed by atoms with Crippen molar-refractivity contribution in [1.82, 2.24) is 0 Å². The molecule has 0 spiro atoms. The fourth-order valence-corrected chi connectivity index (χ4v) is 0.128. The maximum atomic E-state index is 11.8. The highest BCUT2D eigenvalue weighted by Gasteiger charge is 2.05. The number of carbonyl (C=O) groups excluding carboxylic acids is 1. The molecule has 46 valence electrons. The molecule has 8 heavy (non-hydrogen) atoms. The SMILES string of the molecule is [2H]C(F)=C(F)C(=O)OC. The van der Waals surface area contributed by atoms with Gasteiger partial charge in [0, 0.05) is 0 Å². The van der Waals surface area contributed by atoms with Crippen LogP contribution >= 0.6 is 0 Å². The topological polar surface area (TPSA) is 26.3 Å². The van der Waals surface area contributed by atoms with Gasteiger partial charge in [-0.1, -0.05) is 0 Å². The van der Waals surface area contributed by atoms with E-state index in [2.05, 4.69) is 4.74 Å². The van der Waals surface area contributed by atoms with Crippen molar-refractivity contribution in [3.05, 3.63) is 12.1 Å². The molecule has 0 atom stereocenters. The van der Waals surface area contributed by atoms with Gasteiger partial charge in [0.2, 0.25) is 5.83 Å². The second-order valence-corrected chi connectivity index (χ2v) is 0.900. The van der Waals surface area contributed by atoms with E-state index in [1.165, 1.54) is 0 Å². The Hall–Kier alpha value is -0.930. The molecule has 0 heterocycles. The summed E-state index contributed by atoms with van der Waals surface area (Å²) < 4.78 is 32.9. The molecule has 0 fully saturated rings. The molecule has 0 aromatic rings. The van der Waals surface area contributed by atoms with Gasteiger partial charge in [-0.3, -0.25) is 0 Å². The monoisotopic (exact) mass is 123 g/mol. The summed E-state index contributed by atoms with van der Waals surface area (Å²) in [6.45, 7) is 0. The van der Waals surface area contributed by atoms with E-state index in [1.54, 1.807) is 0 Å². The molecule has 0 unspecified atom stereocenters. The van der Waals surface area contributed by atoms with E-state index < -0.39 is 18.1 Å². The average molecular weight is 123 g/mol. The summed E-state index contributed by atoms with van der Waals surface area (Å²) in [5.41, 5.74) is 0. The van der Waals surface area contributed by atoms with Gasteiger partial charge in [0.1, 0.15) is 6.31 Å². The predicted molar refractivity (Wildman–Crippen MR) is 22.3 cm³/mol. The molecule has 0 radical (unpaired) electrons. The summed E-state index contributed by atoms with van der Waals surface area (Å²) in [6, 6.07) is 0. The van der Waals surface area contributed by atoms with E-state index in [0.29, 0.717) is 0 Å². The molecule has 0 aliphatic carbocycles. The molecule has 0 aromatic heterocycles. The molecule has 0 bridgehead atoms. The molecule has 0 saturated heterocycles. The first kappa shape index (κ1) is 5.21. The predicted octanol–water partition coefficient (Wildman–Crippen LogP) is 0.940. The first-order valence-corrected chi connectivity index (χ1v) is 1.69. The van der Waals surface area contributed by atoms with E-state index in [0.717, 1.165) is 7.11 Å². The van der Waals surface area contributed by atoms with E-state index in [9.17, 15) is 13.6 Å². The van der Waals surface area contributed by atoms with Crippen LogP contribution in [0.3, 0.4) is 0 Å². The summed E-state index contributed by atoms with van der Waals surface area (Å²) in [4.78, 5) is 9.94. The summed E-state index contributed by atoms with van der Waals surface area (Å²) in [7, 11) is 0.894. The van der Waals surface area contributed by atoms with Crippen LogP contribution in [0.1, 0.15) is 1.37 Å². The molecular formula is C4H4F2O2. The van der Waals surface area contributed by atoms with Crippen molar-refractivity contribution < 1.29 is 19.7 Å². The summed E-state index contributed by atoms with van der Waals surface area (Å²) in [6.07, 6.45) is -1.91. The largest absolute Gasteiger partial charge is 0.464 e. The first-order chi connectivity index (χ1) is 4.09. The van der Waals surface area contributed by atoms with Gasteiger partial charge >= 0.3 is 5.97 Å². The van der Waals surface area contributed by atoms with Crippen LogP contribution in [0.4, 0.5) is 8.78 Å².